The molecule has 0 spiro atoms. The molecule has 3 rings (SSSR count). The van der Waals surface area contributed by atoms with Crippen molar-refractivity contribution in [3.63, 3.8) is 0 Å². The van der Waals surface area contributed by atoms with Crippen LogP contribution in [-0.4, -0.2) is 54.9 Å². The summed E-state index contributed by atoms with van der Waals surface area (Å²) in [4.78, 5) is 28.2. The predicted octanol–water partition coefficient (Wildman–Crippen LogP) is 2.57. The fourth-order valence-electron chi connectivity index (χ4n) is 3.54. The molecule has 25 heavy (non-hydrogen) atoms. The van der Waals surface area contributed by atoms with Gasteiger partial charge in [-0.25, -0.2) is 0 Å². The second-order valence-electron chi connectivity index (χ2n) is 6.70. The Hall–Kier alpha value is -2.30. The topological polar surface area (TPSA) is 49.9 Å². The Balaban J connectivity index is 1.66. The quantitative estimate of drug-likeness (QED) is 0.845. The maximum absolute atomic E-state index is 12.7. The Labute approximate surface area is 149 Å². The van der Waals surface area contributed by atoms with Crippen molar-refractivity contribution in [1.29, 1.82) is 0 Å². The summed E-state index contributed by atoms with van der Waals surface area (Å²) in [6.45, 7) is 4.60. The van der Waals surface area contributed by atoms with Gasteiger partial charge in [-0.2, -0.15) is 0 Å². The molecule has 0 saturated carbocycles. The molecule has 5 heteroatoms. The summed E-state index contributed by atoms with van der Waals surface area (Å²) in [7, 11) is 1.80. The van der Waals surface area contributed by atoms with Gasteiger partial charge in [-0.1, -0.05) is 24.3 Å². The molecule has 2 heterocycles. The molecule has 0 radical (unpaired) electrons. The minimum atomic E-state index is -0.158. The standard InChI is InChI=1S/C20H26N2O3/c1-3-25-18-7-5-4-6-17(18)15-9-12-22(13-10-15)20(24)16-8-11-21(2)19(23)14-16/h4-7,9,16H,3,8,10-14H2,1-2H3/t16-/m1/s1. The summed E-state index contributed by atoms with van der Waals surface area (Å²) in [5.74, 6) is 0.935. The molecule has 1 fully saturated rings. The molecular formula is C20H26N2O3. The Morgan fingerprint density at radius 1 is 1.28 bits per heavy atom. The second-order valence-corrected chi connectivity index (χ2v) is 6.70. The van der Waals surface area contributed by atoms with Crippen molar-refractivity contribution in [1.82, 2.24) is 9.80 Å². The van der Waals surface area contributed by atoms with E-state index in [1.54, 1.807) is 11.9 Å². The van der Waals surface area contributed by atoms with Crippen LogP contribution in [0.3, 0.4) is 0 Å². The van der Waals surface area contributed by atoms with Gasteiger partial charge in [0, 0.05) is 44.6 Å². The van der Waals surface area contributed by atoms with Crippen LogP contribution in [0.2, 0.25) is 0 Å². The van der Waals surface area contributed by atoms with E-state index in [0.717, 1.165) is 24.2 Å². The van der Waals surface area contributed by atoms with E-state index in [1.807, 2.05) is 30.0 Å². The third-order valence-electron chi connectivity index (χ3n) is 5.06. The number of ether oxygens (including phenoxy) is 1. The first-order valence-corrected chi connectivity index (χ1v) is 9.04. The van der Waals surface area contributed by atoms with E-state index in [1.165, 1.54) is 5.57 Å². The van der Waals surface area contributed by atoms with Crippen molar-refractivity contribution in [2.45, 2.75) is 26.2 Å². The number of nitrogens with zero attached hydrogens (tertiary/aromatic N) is 2. The molecule has 134 valence electrons. The highest BCUT2D eigenvalue weighted by Crippen LogP contribution is 2.31. The highest BCUT2D eigenvalue weighted by molar-refractivity contribution is 5.87. The Morgan fingerprint density at radius 3 is 2.76 bits per heavy atom. The van der Waals surface area contributed by atoms with Crippen molar-refractivity contribution < 1.29 is 14.3 Å². The van der Waals surface area contributed by atoms with Crippen LogP contribution < -0.4 is 4.74 Å². The first-order chi connectivity index (χ1) is 12.1. The molecular weight excluding hydrogens is 316 g/mol. The predicted molar refractivity (Wildman–Crippen MR) is 97.1 cm³/mol. The number of rotatable bonds is 4. The highest BCUT2D eigenvalue weighted by atomic mass is 16.5. The summed E-state index contributed by atoms with van der Waals surface area (Å²) in [6.07, 6.45) is 4.04. The number of para-hydroxylation sites is 1. The van der Waals surface area contributed by atoms with E-state index in [0.29, 0.717) is 32.7 Å². The van der Waals surface area contributed by atoms with Gasteiger partial charge in [0.05, 0.1) is 6.61 Å². The van der Waals surface area contributed by atoms with E-state index in [9.17, 15) is 9.59 Å². The molecule has 1 aromatic rings. The zero-order chi connectivity index (χ0) is 17.8. The number of hydrogen-bond donors (Lipinski definition) is 0. The second kappa shape index (κ2) is 7.72. The molecule has 2 aliphatic rings. The maximum Gasteiger partial charge on any atom is 0.226 e. The van der Waals surface area contributed by atoms with Crippen LogP contribution in [0.15, 0.2) is 30.3 Å². The summed E-state index contributed by atoms with van der Waals surface area (Å²) in [6, 6.07) is 8.05. The number of carbonyl (C=O) groups is 2. The van der Waals surface area contributed by atoms with Crippen LogP contribution >= 0.6 is 0 Å². The molecule has 5 nitrogen and oxygen atoms in total. The molecule has 0 N–H and O–H groups in total. The number of carbonyl (C=O) groups excluding carboxylic acids is 2. The highest BCUT2D eigenvalue weighted by Gasteiger charge is 2.32. The molecule has 2 amide bonds. The smallest absolute Gasteiger partial charge is 0.226 e. The lowest BCUT2D eigenvalue weighted by atomic mass is 9.93. The molecule has 0 bridgehead atoms. The van der Waals surface area contributed by atoms with Gasteiger partial charge in [-0.15, -0.1) is 0 Å². The summed E-state index contributed by atoms with van der Waals surface area (Å²) >= 11 is 0. The van der Waals surface area contributed by atoms with Crippen LogP contribution in [0, 0.1) is 5.92 Å². The molecule has 1 aromatic carbocycles. The number of amides is 2. The van der Waals surface area contributed by atoms with Crippen LogP contribution in [0.5, 0.6) is 5.75 Å². The number of likely N-dealkylation sites (tertiary alicyclic amines) is 1. The lowest BCUT2D eigenvalue weighted by Crippen LogP contribution is -2.45. The number of benzene rings is 1. The molecule has 2 aliphatic heterocycles. The van der Waals surface area contributed by atoms with E-state index in [4.69, 9.17) is 4.74 Å². The van der Waals surface area contributed by atoms with Gasteiger partial charge in [0.15, 0.2) is 0 Å². The van der Waals surface area contributed by atoms with Crippen molar-refractivity contribution in [3.8, 4) is 5.75 Å². The molecule has 0 aromatic heterocycles. The Bertz CT molecular complexity index is 683. The van der Waals surface area contributed by atoms with Gasteiger partial charge >= 0.3 is 0 Å². The molecule has 1 atom stereocenters. The third kappa shape index (κ3) is 3.86. The molecule has 0 aliphatic carbocycles. The maximum atomic E-state index is 12.7. The lowest BCUT2D eigenvalue weighted by Gasteiger charge is -2.33. The summed E-state index contributed by atoms with van der Waals surface area (Å²) < 4.78 is 5.72. The zero-order valence-corrected chi connectivity index (χ0v) is 15.0. The molecule has 0 unspecified atom stereocenters. The summed E-state index contributed by atoms with van der Waals surface area (Å²) in [5.41, 5.74) is 2.35. The van der Waals surface area contributed by atoms with Crippen molar-refractivity contribution in [2.24, 2.45) is 5.92 Å². The SMILES string of the molecule is CCOc1ccccc1C1=CCN(C(=O)[C@@H]2CCN(C)C(=O)C2)CC1. The van der Waals surface area contributed by atoms with Crippen LogP contribution in [0.1, 0.15) is 31.7 Å². The molecule has 1 saturated heterocycles. The van der Waals surface area contributed by atoms with E-state index >= 15 is 0 Å². The lowest BCUT2D eigenvalue weighted by molar-refractivity contribution is -0.144. The van der Waals surface area contributed by atoms with Crippen LogP contribution in [0.25, 0.3) is 5.57 Å². The number of piperidine rings is 1. The van der Waals surface area contributed by atoms with Crippen molar-refractivity contribution in [3.05, 3.63) is 35.9 Å². The van der Waals surface area contributed by atoms with Gasteiger partial charge in [-0.05, 0) is 31.4 Å². The average Bonchev–Trinajstić information content (AvgIpc) is 2.64. The van der Waals surface area contributed by atoms with Gasteiger partial charge in [0.2, 0.25) is 11.8 Å². The van der Waals surface area contributed by atoms with Gasteiger partial charge in [0.25, 0.3) is 0 Å². The fourth-order valence-corrected chi connectivity index (χ4v) is 3.54. The fraction of sp³-hybridized carbons (Fsp3) is 0.500. The third-order valence-corrected chi connectivity index (χ3v) is 5.06. The van der Waals surface area contributed by atoms with E-state index in [-0.39, 0.29) is 17.7 Å². The van der Waals surface area contributed by atoms with Gasteiger partial charge in [0.1, 0.15) is 5.75 Å². The first kappa shape index (κ1) is 17.5. The van der Waals surface area contributed by atoms with Gasteiger partial charge < -0.3 is 14.5 Å². The first-order valence-electron chi connectivity index (χ1n) is 9.04. The van der Waals surface area contributed by atoms with Crippen LogP contribution in [0.4, 0.5) is 0 Å². The van der Waals surface area contributed by atoms with E-state index < -0.39 is 0 Å². The Morgan fingerprint density at radius 2 is 2.08 bits per heavy atom. The number of hydrogen-bond acceptors (Lipinski definition) is 3. The van der Waals surface area contributed by atoms with E-state index in [2.05, 4.69) is 12.1 Å². The monoisotopic (exact) mass is 342 g/mol. The summed E-state index contributed by atoms with van der Waals surface area (Å²) in [5, 5.41) is 0. The Kier molecular flexibility index (Phi) is 5.41. The van der Waals surface area contributed by atoms with Crippen LogP contribution in [-0.2, 0) is 9.59 Å². The minimum Gasteiger partial charge on any atom is -0.493 e. The van der Waals surface area contributed by atoms with Crippen molar-refractivity contribution in [2.75, 3.05) is 33.3 Å². The largest absolute Gasteiger partial charge is 0.493 e. The minimum absolute atomic E-state index is 0.0727. The van der Waals surface area contributed by atoms with Crippen molar-refractivity contribution >= 4 is 17.4 Å². The zero-order valence-electron chi connectivity index (χ0n) is 15.0. The normalized spacial score (nSPS) is 21.1. The van der Waals surface area contributed by atoms with Gasteiger partial charge in [-0.3, -0.25) is 9.59 Å². The average molecular weight is 342 g/mol.